The van der Waals surface area contributed by atoms with E-state index in [2.05, 4.69) is 31.7 Å². The molecule has 0 aliphatic heterocycles. The lowest BCUT2D eigenvalue weighted by atomic mass is 10.2. The number of hydrogen-bond donors (Lipinski definition) is 3. The molecule has 1 heterocycles. The summed E-state index contributed by atoms with van der Waals surface area (Å²) in [7, 11) is 0. The lowest BCUT2D eigenvalue weighted by Gasteiger charge is -2.10. The minimum Gasteiger partial charge on any atom is -0.348 e. The van der Waals surface area contributed by atoms with Crippen LogP contribution >= 0.6 is 15.9 Å². The Morgan fingerprint density at radius 3 is 2.70 bits per heavy atom. The molecular weight excluding hydrogens is 320 g/mol. The summed E-state index contributed by atoms with van der Waals surface area (Å²) >= 11 is 3.37. The molecule has 2 rings (SSSR count). The van der Waals surface area contributed by atoms with Gasteiger partial charge in [-0.1, -0.05) is 28.1 Å². The molecule has 6 heteroatoms. The molecule has 0 aliphatic rings. The Labute approximate surface area is 125 Å². The number of amides is 1. The number of aryl methyl sites for hydroxylation is 1. The maximum Gasteiger partial charge on any atom is 0.255 e. The van der Waals surface area contributed by atoms with Crippen molar-refractivity contribution in [2.24, 2.45) is 5.84 Å². The predicted molar refractivity (Wildman–Crippen MR) is 82.1 cm³/mol. The number of hydrogen-bond acceptors (Lipinski definition) is 4. The van der Waals surface area contributed by atoms with Crippen LogP contribution in [0.3, 0.4) is 0 Å². The van der Waals surface area contributed by atoms with Crippen molar-refractivity contribution < 1.29 is 4.79 Å². The highest BCUT2D eigenvalue weighted by Gasteiger charge is 2.11. The second-order valence-electron chi connectivity index (χ2n) is 4.32. The summed E-state index contributed by atoms with van der Waals surface area (Å²) < 4.78 is 1.00. The molecule has 1 aromatic heterocycles. The van der Waals surface area contributed by atoms with E-state index < -0.39 is 0 Å². The zero-order chi connectivity index (χ0) is 14.5. The van der Waals surface area contributed by atoms with E-state index in [1.54, 1.807) is 6.07 Å². The number of rotatable bonds is 4. The first-order valence-electron chi connectivity index (χ1n) is 6.06. The number of hydrazine groups is 1. The maximum atomic E-state index is 12.1. The van der Waals surface area contributed by atoms with Crippen LogP contribution in [0.25, 0.3) is 0 Å². The van der Waals surface area contributed by atoms with E-state index in [0.29, 0.717) is 17.8 Å². The molecule has 1 amide bonds. The highest BCUT2D eigenvalue weighted by atomic mass is 79.9. The molecule has 0 radical (unpaired) electrons. The Hall–Kier alpha value is -1.92. The number of nitrogens with two attached hydrogens (primary N) is 1. The number of aromatic nitrogens is 1. The minimum absolute atomic E-state index is 0.214. The molecular formula is C14H15BrN4O. The standard InChI is InChI=1S/C14H15BrN4O/c1-9-6-13(19-16)12(8-17-9)14(20)18-7-10-2-4-11(15)5-3-10/h2-6,8H,7,16H2,1H3,(H,17,19)(H,18,20). The number of carbonyl (C=O) groups excluding carboxylic acids is 1. The van der Waals surface area contributed by atoms with E-state index in [0.717, 1.165) is 15.7 Å². The summed E-state index contributed by atoms with van der Waals surface area (Å²) in [5.74, 6) is 5.20. The summed E-state index contributed by atoms with van der Waals surface area (Å²) in [5.41, 5.74) is 5.31. The van der Waals surface area contributed by atoms with Gasteiger partial charge in [-0.05, 0) is 30.7 Å². The zero-order valence-electron chi connectivity index (χ0n) is 11.0. The van der Waals surface area contributed by atoms with Gasteiger partial charge in [0.2, 0.25) is 0 Å². The molecule has 0 spiro atoms. The molecule has 4 N–H and O–H groups in total. The van der Waals surface area contributed by atoms with Crippen molar-refractivity contribution in [3.63, 3.8) is 0 Å². The Bertz CT molecular complexity index is 613. The van der Waals surface area contributed by atoms with Gasteiger partial charge < -0.3 is 10.7 Å². The van der Waals surface area contributed by atoms with Gasteiger partial charge in [0, 0.05) is 22.9 Å². The number of carbonyl (C=O) groups is 1. The average Bonchev–Trinajstić information content (AvgIpc) is 2.46. The predicted octanol–water partition coefficient (Wildman–Crippen LogP) is 2.37. The van der Waals surface area contributed by atoms with Gasteiger partial charge in [-0.25, -0.2) is 0 Å². The minimum atomic E-state index is -0.214. The first-order chi connectivity index (χ1) is 9.60. The third kappa shape index (κ3) is 3.55. The van der Waals surface area contributed by atoms with Gasteiger partial charge >= 0.3 is 0 Å². The molecule has 104 valence electrons. The number of nitrogens with zero attached hydrogens (tertiary/aromatic N) is 1. The van der Waals surface area contributed by atoms with Crippen molar-refractivity contribution in [3.8, 4) is 0 Å². The van der Waals surface area contributed by atoms with E-state index in [1.807, 2.05) is 31.2 Å². The molecule has 0 fully saturated rings. The second kappa shape index (κ2) is 6.49. The highest BCUT2D eigenvalue weighted by molar-refractivity contribution is 9.10. The van der Waals surface area contributed by atoms with Crippen LogP contribution < -0.4 is 16.6 Å². The fourth-order valence-corrected chi connectivity index (χ4v) is 2.00. The van der Waals surface area contributed by atoms with Crippen molar-refractivity contribution in [2.45, 2.75) is 13.5 Å². The summed E-state index contributed by atoms with van der Waals surface area (Å²) in [6.45, 7) is 2.29. The number of nitrogens with one attached hydrogen (secondary N) is 2. The van der Waals surface area contributed by atoms with Crippen LogP contribution in [0.2, 0.25) is 0 Å². The average molecular weight is 335 g/mol. The number of nitrogen functional groups attached to an aromatic ring is 1. The Morgan fingerprint density at radius 1 is 1.35 bits per heavy atom. The number of pyridine rings is 1. The van der Waals surface area contributed by atoms with Gasteiger partial charge in [0.15, 0.2) is 0 Å². The molecule has 0 atom stereocenters. The monoisotopic (exact) mass is 334 g/mol. The summed E-state index contributed by atoms with van der Waals surface area (Å²) in [6.07, 6.45) is 1.52. The zero-order valence-corrected chi connectivity index (χ0v) is 12.6. The first-order valence-corrected chi connectivity index (χ1v) is 6.85. The lowest BCUT2D eigenvalue weighted by Crippen LogP contribution is -2.25. The first kappa shape index (κ1) is 14.5. The van der Waals surface area contributed by atoms with Gasteiger partial charge in [-0.3, -0.25) is 15.6 Å². The summed E-state index contributed by atoms with van der Waals surface area (Å²) in [6, 6.07) is 9.48. The molecule has 5 nitrogen and oxygen atoms in total. The molecule has 0 saturated heterocycles. The largest absolute Gasteiger partial charge is 0.348 e. The molecule has 20 heavy (non-hydrogen) atoms. The number of anilines is 1. The van der Waals surface area contributed by atoms with Crippen LogP contribution in [0.5, 0.6) is 0 Å². The molecule has 1 aromatic carbocycles. The molecule has 2 aromatic rings. The SMILES string of the molecule is Cc1cc(NN)c(C(=O)NCc2ccc(Br)cc2)cn1. The van der Waals surface area contributed by atoms with Crippen molar-refractivity contribution in [1.29, 1.82) is 0 Å². The highest BCUT2D eigenvalue weighted by Crippen LogP contribution is 2.15. The lowest BCUT2D eigenvalue weighted by molar-refractivity contribution is 0.0951. The van der Waals surface area contributed by atoms with Gasteiger partial charge in [-0.15, -0.1) is 0 Å². The molecule has 0 unspecified atom stereocenters. The van der Waals surface area contributed by atoms with Gasteiger partial charge in [0.05, 0.1) is 11.3 Å². The van der Waals surface area contributed by atoms with E-state index in [-0.39, 0.29) is 5.91 Å². The van der Waals surface area contributed by atoms with Crippen LogP contribution in [0.15, 0.2) is 41.0 Å². The summed E-state index contributed by atoms with van der Waals surface area (Å²) in [5, 5.41) is 2.84. The van der Waals surface area contributed by atoms with Crippen molar-refractivity contribution in [1.82, 2.24) is 10.3 Å². The number of halogens is 1. The van der Waals surface area contributed by atoms with Crippen LogP contribution in [-0.2, 0) is 6.54 Å². The van der Waals surface area contributed by atoms with Gasteiger partial charge in [0.1, 0.15) is 0 Å². The number of benzene rings is 1. The normalized spacial score (nSPS) is 10.2. The van der Waals surface area contributed by atoms with E-state index in [9.17, 15) is 4.79 Å². The smallest absolute Gasteiger partial charge is 0.255 e. The van der Waals surface area contributed by atoms with Crippen LogP contribution in [0.1, 0.15) is 21.6 Å². The Kier molecular flexibility index (Phi) is 4.70. The van der Waals surface area contributed by atoms with E-state index in [1.165, 1.54) is 6.20 Å². The fraction of sp³-hybridized carbons (Fsp3) is 0.143. The fourth-order valence-electron chi connectivity index (χ4n) is 1.74. The second-order valence-corrected chi connectivity index (χ2v) is 5.24. The topological polar surface area (TPSA) is 80.0 Å². The summed E-state index contributed by atoms with van der Waals surface area (Å²) in [4.78, 5) is 16.2. The Morgan fingerprint density at radius 2 is 2.05 bits per heavy atom. The van der Waals surface area contributed by atoms with Gasteiger partial charge in [0.25, 0.3) is 5.91 Å². The van der Waals surface area contributed by atoms with Crippen molar-refractivity contribution in [2.75, 3.05) is 5.43 Å². The third-order valence-electron chi connectivity index (χ3n) is 2.81. The van der Waals surface area contributed by atoms with Crippen LogP contribution in [-0.4, -0.2) is 10.9 Å². The van der Waals surface area contributed by atoms with Crippen molar-refractivity contribution >= 4 is 27.5 Å². The molecule has 0 bridgehead atoms. The van der Waals surface area contributed by atoms with Gasteiger partial charge in [-0.2, -0.15) is 0 Å². The van der Waals surface area contributed by atoms with Crippen molar-refractivity contribution in [3.05, 3.63) is 57.8 Å². The third-order valence-corrected chi connectivity index (χ3v) is 3.34. The Balaban J connectivity index is 2.07. The van der Waals surface area contributed by atoms with E-state index >= 15 is 0 Å². The van der Waals surface area contributed by atoms with E-state index in [4.69, 9.17) is 5.84 Å². The molecule has 0 aliphatic carbocycles. The van der Waals surface area contributed by atoms with Crippen LogP contribution in [0, 0.1) is 6.92 Å². The van der Waals surface area contributed by atoms with Crippen LogP contribution in [0.4, 0.5) is 5.69 Å². The molecule has 0 saturated carbocycles. The maximum absolute atomic E-state index is 12.1. The quantitative estimate of drug-likeness (QED) is 0.592.